The van der Waals surface area contributed by atoms with E-state index < -0.39 is 11.9 Å². The molecule has 1 atom stereocenters. The zero-order valence-corrected chi connectivity index (χ0v) is 24.7. The van der Waals surface area contributed by atoms with Gasteiger partial charge in [0, 0.05) is 6.61 Å². The van der Waals surface area contributed by atoms with E-state index in [-0.39, 0.29) is 12.7 Å². The quantitative estimate of drug-likeness (QED) is 0.0880. The second-order valence-corrected chi connectivity index (χ2v) is 10.2. The molecule has 0 bridgehead atoms. The van der Waals surface area contributed by atoms with Crippen molar-refractivity contribution in [2.45, 2.75) is 78.2 Å². The second kappa shape index (κ2) is 17.9. The molecule has 0 heterocycles. The van der Waals surface area contributed by atoms with Gasteiger partial charge in [-0.1, -0.05) is 82.2 Å². The lowest BCUT2D eigenvalue weighted by atomic mass is 9.99. The summed E-state index contributed by atoms with van der Waals surface area (Å²) in [7, 11) is 0. The van der Waals surface area contributed by atoms with Crippen LogP contribution in [-0.4, -0.2) is 37.9 Å². The Labute approximate surface area is 245 Å². The minimum absolute atomic E-state index is 0.173. The average molecular weight is 561 g/mol. The fraction of sp³-hybridized carbons (Fsp3) is 0.429. The monoisotopic (exact) mass is 560 g/mol. The van der Waals surface area contributed by atoms with E-state index in [1.807, 2.05) is 56.3 Å². The molecule has 0 saturated carbocycles. The van der Waals surface area contributed by atoms with Crippen molar-refractivity contribution in [3.63, 3.8) is 0 Å². The van der Waals surface area contributed by atoms with E-state index in [9.17, 15) is 9.59 Å². The highest BCUT2D eigenvalue weighted by molar-refractivity contribution is 5.98. The Morgan fingerprint density at radius 1 is 0.707 bits per heavy atom. The van der Waals surface area contributed by atoms with Crippen LogP contribution in [0.3, 0.4) is 0 Å². The lowest BCUT2D eigenvalue weighted by Gasteiger charge is -2.12. The largest absolute Gasteiger partial charge is 0.494 e. The standard InChI is InChI=1S/C35H44O6/c1-4-6-7-8-9-10-11-14-25-39-30-21-17-28(18-22-30)32-15-12-13-16-33(32)35(37)41-31-23-19-29(20-24-31)34(36)40-26-27(3)38-5-2/h12-13,15-24,27H,4-11,14,25-26H2,1-3H3. The smallest absolute Gasteiger partial charge is 0.344 e. The number of ether oxygens (including phenoxy) is 4. The molecule has 1 unspecified atom stereocenters. The topological polar surface area (TPSA) is 71.1 Å². The molecule has 3 aromatic carbocycles. The first-order valence-corrected chi connectivity index (χ1v) is 14.9. The number of carbonyl (C=O) groups excluding carboxylic acids is 2. The third-order valence-corrected chi connectivity index (χ3v) is 6.78. The van der Waals surface area contributed by atoms with Gasteiger partial charge in [0.15, 0.2) is 0 Å². The minimum Gasteiger partial charge on any atom is -0.494 e. The molecular weight excluding hydrogens is 516 g/mol. The van der Waals surface area contributed by atoms with E-state index in [2.05, 4.69) is 6.92 Å². The predicted octanol–water partition coefficient (Wildman–Crippen LogP) is 8.67. The maximum absolute atomic E-state index is 13.1. The highest BCUT2D eigenvalue weighted by Crippen LogP contribution is 2.27. The fourth-order valence-electron chi connectivity index (χ4n) is 4.50. The van der Waals surface area contributed by atoms with Gasteiger partial charge < -0.3 is 18.9 Å². The summed E-state index contributed by atoms with van der Waals surface area (Å²) < 4.78 is 22.2. The number of hydrogen-bond acceptors (Lipinski definition) is 6. The Hall–Kier alpha value is -3.64. The Morgan fingerprint density at radius 3 is 2.02 bits per heavy atom. The summed E-state index contributed by atoms with van der Waals surface area (Å²) in [5.74, 6) is 0.234. The summed E-state index contributed by atoms with van der Waals surface area (Å²) in [6.45, 7) is 7.42. The molecular formula is C35H44O6. The SMILES string of the molecule is CCCCCCCCCCOc1ccc(-c2ccccc2C(=O)Oc2ccc(C(=O)OCC(C)OCC)cc2)cc1. The Kier molecular flexibility index (Phi) is 13.9. The Bertz CT molecular complexity index is 1190. The first-order valence-electron chi connectivity index (χ1n) is 14.9. The number of esters is 2. The van der Waals surface area contributed by atoms with Crippen LogP contribution in [0.1, 0.15) is 92.9 Å². The Morgan fingerprint density at radius 2 is 1.34 bits per heavy atom. The van der Waals surface area contributed by atoms with Crippen LogP contribution in [0.2, 0.25) is 0 Å². The van der Waals surface area contributed by atoms with Gasteiger partial charge in [0.25, 0.3) is 0 Å². The summed E-state index contributed by atoms with van der Waals surface area (Å²) in [6.07, 6.45) is 9.97. The van der Waals surface area contributed by atoms with Crippen molar-refractivity contribution in [3.05, 3.63) is 83.9 Å². The number of benzene rings is 3. The molecule has 0 aliphatic rings. The molecule has 0 aliphatic heterocycles. The van der Waals surface area contributed by atoms with Crippen molar-refractivity contribution in [1.82, 2.24) is 0 Å². The van der Waals surface area contributed by atoms with Gasteiger partial charge in [0.1, 0.15) is 18.1 Å². The second-order valence-electron chi connectivity index (χ2n) is 10.2. The van der Waals surface area contributed by atoms with Crippen LogP contribution in [0.15, 0.2) is 72.8 Å². The zero-order chi connectivity index (χ0) is 29.3. The van der Waals surface area contributed by atoms with Crippen LogP contribution in [0.25, 0.3) is 11.1 Å². The predicted molar refractivity (Wildman–Crippen MR) is 163 cm³/mol. The van der Waals surface area contributed by atoms with Crippen LogP contribution in [0, 0.1) is 0 Å². The third kappa shape index (κ3) is 11.0. The number of unbranched alkanes of at least 4 members (excludes halogenated alkanes) is 7. The van der Waals surface area contributed by atoms with Crippen molar-refractivity contribution in [1.29, 1.82) is 0 Å². The first kappa shape index (κ1) is 31.9. The molecule has 0 fully saturated rings. The summed E-state index contributed by atoms with van der Waals surface area (Å²) >= 11 is 0. The van der Waals surface area contributed by atoms with Gasteiger partial charge in [-0.25, -0.2) is 9.59 Å². The third-order valence-electron chi connectivity index (χ3n) is 6.78. The molecule has 6 heteroatoms. The van der Waals surface area contributed by atoms with Crippen LogP contribution in [0.4, 0.5) is 0 Å². The van der Waals surface area contributed by atoms with Crippen LogP contribution in [-0.2, 0) is 9.47 Å². The van der Waals surface area contributed by atoms with Crippen molar-refractivity contribution < 1.29 is 28.5 Å². The molecule has 3 aromatic rings. The number of hydrogen-bond donors (Lipinski definition) is 0. The molecule has 0 spiro atoms. The lowest BCUT2D eigenvalue weighted by molar-refractivity contribution is 0.00359. The highest BCUT2D eigenvalue weighted by atomic mass is 16.6. The van der Waals surface area contributed by atoms with Crippen LogP contribution in [0.5, 0.6) is 11.5 Å². The van der Waals surface area contributed by atoms with Gasteiger partial charge in [0.2, 0.25) is 0 Å². The number of carbonyl (C=O) groups is 2. The lowest BCUT2D eigenvalue weighted by Crippen LogP contribution is -2.19. The zero-order valence-electron chi connectivity index (χ0n) is 24.7. The van der Waals surface area contributed by atoms with Gasteiger partial charge in [0.05, 0.1) is 23.8 Å². The van der Waals surface area contributed by atoms with Gasteiger partial charge in [-0.15, -0.1) is 0 Å². The van der Waals surface area contributed by atoms with Crippen LogP contribution >= 0.6 is 0 Å². The van der Waals surface area contributed by atoms with E-state index in [0.29, 0.717) is 30.1 Å². The maximum atomic E-state index is 13.1. The van der Waals surface area contributed by atoms with Gasteiger partial charge >= 0.3 is 11.9 Å². The van der Waals surface area contributed by atoms with Crippen molar-refractivity contribution in [2.24, 2.45) is 0 Å². The summed E-state index contributed by atoms with van der Waals surface area (Å²) in [5, 5.41) is 0. The molecule has 0 N–H and O–H groups in total. The molecule has 3 rings (SSSR count). The van der Waals surface area contributed by atoms with Crippen molar-refractivity contribution >= 4 is 11.9 Å². The highest BCUT2D eigenvalue weighted by Gasteiger charge is 2.16. The van der Waals surface area contributed by atoms with Crippen molar-refractivity contribution in [2.75, 3.05) is 19.8 Å². The maximum Gasteiger partial charge on any atom is 0.344 e. The molecule has 0 aliphatic carbocycles. The van der Waals surface area contributed by atoms with Gasteiger partial charge in [-0.2, -0.15) is 0 Å². The summed E-state index contributed by atoms with van der Waals surface area (Å²) in [4.78, 5) is 25.4. The summed E-state index contributed by atoms with van der Waals surface area (Å²) in [5.41, 5.74) is 2.50. The Balaban J connectivity index is 1.51. The van der Waals surface area contributed by atoms with Gasteiger partial charge in [-0.3, -0.25) is 0 Å². The molecule has 0 saturated heterocycles. The fourth-order valence-corrected chi connectivity index (χ4v) is 4.50. The minimum atomic E-state index is -0.475. The molecule has 0 amide bonds. The van der Waals surface area contributed by atoms with Crippen LogP contribution < -0.4 is 9.47 Å². The van der Waals surface area contributed by atoms with E-state index in [1.165, 1.54) is 44.9 Å². The van der Waals surface area contributed by atoms with E-state index in [4.69, 9.17) is 18.9 Å². The van der Waals surface area contributed by atoms with E-state index in [0.717, 1.165) is 23.3 Å². The van der Waals surface area contributed by atoms with E-state index >= 15 is 0 Å². The molecule has 6 nitrogen and oxygen atoms in total. The molecule has 220 valence electrons. The summed E-state index contributed by atoms with van der Waals surface area (Å²) in [6, 6.07) is 21.5. The van der Waals surface area contributed by atoms with Gasteiger partial charge in [-0.05, 0) is 73.9 Å². The van der Waals surface area contributed by atoms with Crippen molar-refractivity contribution in [3.8, 4) is 22.6 Å². The molecule has 0 radical (unpaired) electrons. The number of rotatable bonds is 18. The molecule has 41 heavy (non-hydrogen) atoms. The normalized spacial score (nSPS) is 11.6. The van der Waals surface area contributed by atoms with E-state index in [1.54, 1.807) is 30.3 Å². The molecule has 0 aromatic heterocycles. The first-order chi connectivity index (χ1) is 20.0. The average Bonchev–Trinajstić information content (AvgIpc) is 3.00.